The minimum Gasteiger partial charge on any atom is -0.349 e. The van der Waals surface area contributed by atoms with Crippen LogP contribution >= 0.6 is 11.8 Å². The molecular weight excluding hydrogens is 372 g/mol. The number of carbonyl (C=O) groups is 2. The highest BCUT2D eigenvalue weighted by Crippen LogP contribution is 2.26. The molecule has 0 radical (unpaired) electrons. The number of hydrogen-bond acceptors (Lipinski definition) is 5. The van der Waals surface area contributed by atoms with Crippen molar-refractivity contribution >= 4 is 29.3 Å². The summed E-state index contributed by atoms with van der Waals surface area (Å²) in [6.07, 6.45) is 3.96. The van der Waals surface area contributed by atoms with Gasteiger partial charge in [0.15, 0.2) is 0 Å². The van der Waals surface area contributed by atoms with E-state index in [-0.39, 0.29) is 23.8 Å². The van der Waals surface area contributed by atoms with Crippen LogP contribution in [0, 0.1) is 13.8 Å². The Balaban J connectivity index is 1.87. The van der Waals surface area contributed by atoms with E-state index in [4.69, 9.17) is 0 Å². The standard InChI is InChI=1S/C21H26N4O2S/c1-11(2)18-22-13(4)17(21(25-18)28-5)20(27)24-16-10-14(7-6-12(16)3)19(26)23-15-8-9-15/h6-7,10-11,15H,8-9H2,1-5H3,(H,23,26)(H,24,27). The number of aromatic nitrogens is 2. The number of amides is 2. The summed E-state index contributed by atoms with van der Waals surface area (Å²) >= 11 is 1.43. The van der Waals surface area contributed by atoms with Gasteiger partial charge in [0, 0.05) is 23.2 Å². The quantitative estimate of drug-likeness (QED) is 0.566. The molecule has 7 heteroatoms. The molecule has 0 saturated heterocycles. The molecule has 1 fully saturated rings. The molecule has 1 aliphatic carbocycles. The van der Waals surface area contributed by atoms with Crippen LogP contribution in [0.4, 0.5) is 5.69 Å². The van der Waals surface area contributed by atoms with Crippen LogP contribution < -0.4 is 10.6 Å². The van der Waals surface area contributed by atoms with Crippen molar-refractivity contribution in [3.8, 4) is 0 Å². The van der Waals surface area contributed by atoms with Gasteiger partial charge in [-0.25, -0.2) is 9.97 Å². The molecule has 0 aliphatic heterocycles. The lowest BCUT2D eigenvalue weighted by Crippen LogP contribution is -2.25. The second-order valence-corrected chi connectivity index (χ2v) is 8.23. The van der Waals surface area contributed by atoms with E-state index >= 15 is 0 Å². The Bertz CT molecular complexity index is 923. The summed E-state index contributed by atoms with van der Waals surface area (Å²) in [5.41, 5.74) is 3.18. The van der Waals surface area contributed by atoms with Crippen LogP contribution in [-0.2, 0) is 0 Å². The zero-order valence-corrected chi connectivity index (χ0v) is 17.7. The van der Waals surface area contributed by atoms with Gasteiger partial charge in [0.1, 0.15) is 10.9 Å². The SMILES string of the molecule is CSc1nc(C(C)C)nc(C)c1C(=O)Nc1cc(C(=O)NC2CC2)ccc1C. The molecule has 1 aromatic heterocycles. The van der Waals surface area contributed by atoms with Gasteiger partial charge in [-0.2, -0.15) is 0 Å². The van der Waals surface area contributed by atoms with Crippen LogP contribution in [0.25, 0.3) is 0 Å². The number of anilines is 1. The zero-order chi connectivity index (χ0) is 20.4. The maximum absolute atomic E-state index is 13.0. The molecule has 2 N–H and O–H groups in total. The average Bonchev–Trinajstić information content (AvgIpc) is 3.46. The van der Waals surface area contributed by atoms with Crippen LogP contribution in [0.15, 0.2) is 23.2 Å². The number of nitrogens with one attached hydrogen (secondary N) is 2. The minimum atomic E-state index is -0.264. The number of hydrogen-bond donors (Lipinski definition) is 2. The van der Waals surface area contributed by atoms with E-state index in [2.05, 4.69) is 20.6 Å². The van der Waals surface area contributed by atoms with Gasteiger partial charge in [0.25, 0.3) is 11.8 Å². The van der Waals surface area contributed by atoms with Gasteiger partial charge in [0.05, 0.1) is 11.3 Å². The average molecular weight is 399 g/mol. The molecular formula is C21H26N4O2S. The van der Waals surface area contributed by atoms with E-state index in [1.54, 1.807) is 12.1 Å². The summed E-state index contributed by atoms with van der Waals surface area (Å²) < 4.78 is 0. The number of nitrogens with zero attached hydrogens (tertiary/aromatic N) is 2. The predicted octanol–water partition coefficient (Wildman–Crippen LogP) is 4.08. The fourth-order valence-corrected chi connectivity index (χ4v) is 3.44. The van der Waals surface area contributed by atoms with Crippen LogP contribution in [0.3, 0.4) is 0 Å². The third kappa shape index (κ3) is 4.52. The minimum absolute atomic E-state index is 0.108. The summed E-state index contributed by atoms with van der Waals surface area (Å²) in [5.74, 6) is 0.544. The Hall–Kier alpha value is -2.41. The Morgan fingerprint density at radius 2 is 1.86 bits per heavy atom. The molecule has 1 aliphatic rings. The van der Waals surface area contributed by atoms with E-state index in [0.717, 1.165) is 24.2 Å². The largest absolute Gasteiger partial charge is 0.349 e. The number of carbonyl (C=O) groups excluding carboxylic acids is 2. The second-order valence-electron chi connectivity index (χ2n) is 7.44. The normalized spacial score (nSPS) is 13.5. The van der Waals surface area contributed by atoms with Crippen molar-refractivity contribution in [3.05, 3.63) is 46.4 Å². The monoisotopic (exact) mass is 398 g/mol. The van der Waals surface area contributed by atoms with Gasteiger partial charge in [-0.15, -0.1) is 11.8 Å². The molecule has 1 aromatic carbocycles. The number of thioether (sulfide) groups is 1. The lowest BCUT2D eigenvalue weighted by molar-refractivity contribution is 0.0949. The lowest BCUT2D eigenvalue weighted by Gasteiger charge is -2.15. The fourth-order valence-electron chi connectivity index (χ4n) is 2.81. The predicted molar refractivity (Wildman–Crippen MR) is 112 cm³/mol. The Morgan fingerprint density at radius 3 is 2.46 bits per heavy atom. The van der Waals surface area contributed by atoms with E-state index in [1.165, 1.54) is 11.8 Å². The topological polar surface area (TPSA) is 84.0 Å². The summed E-state index contributed by atoms with van der Waals surface area (Å²) in [6.45, 7) is 7.79. The number of benzene rings is 1. The Kier molecular flexibility index (Phi) is 6.03. The van der Waals surface area contributed by atoms with Crippen molar-refractivity contribution in [2.75, 3.05) is 11.6 Å². The maximum Gasteiger partial charge on any atom is 0.260 e. The lowest BCUT2D eigenvalue weighted by atomic mass is 10.1. The number of aryl methyl sites for hydroxylation is 2. The second kappa shape index (κ2) is 8.31. The summed E-state index contributed by atoms with van der Waals surface area (Å²) in [4.78, 5) is 34.4. The van der Waals surface area contributed by atoms with Crippen LogP contribution in [-0.4, -0.2) is 34.1 Å². The first kappa shape index (κ1) is 20.3. The van der Waals surface area contributed by atoms with E-state index in [9.17, 15) is 9.59 Å². The van der Waals surface area contributed by atoms with Crippen molar-refractivity contribution in [2.24, 2.45) is 0 Å². The van der Waals surface area contributed by atoms with Crippen molar-refractivity contribution in [1.29, 1.82) is 0 Å². The summed E-state index contributed by atoms with van der Waals surface area (Å²) in [7, 11) is 0. The molecule has 6 nitrogen and oxygen atoms in total. The first-order valence-corrected chi connectivity index (χ1v) is 10.7. The highest BCUT2D eigenvalue weighted by molar-refractivity contribution is 7.98. The van der Waals surface area contributed by atoms with Gasteiger partial charge < -0.3 is 10.6 Å². The Morgan fingerprint density at radius 1 is 1.14 bits per heavy atom. The summed E-state index contributed by atoms with van der Waals surface area (Å²) in [6, 6.07) is 5.64. The van der Waals surface area contributed by atoms with E-state index < -0.39 is 0 Å². The molecule has 1 heterocycles. The van der Waals surface area contributed by atoms with Crippen LogP contribution in [0.5, 0.6) is 0 Å². The zero-order valence-electron chi connectivity index (χ0n) is 16.9. The van der Waals surface area contributed by atoms with Gasteiger partial charge in [-0.1, -0.05) is 19.9 Å². The van der Waals surface area contributed by atoms with Gasteiger partial charge in [-0.05, 0) is 50.6 Å². The molecule has 3 rings (SSSR count). The van der Waals surface area contributed by atoms with Crippen LogP contribution in [0.2, 0.25) is 0 Å². The highest BCUT2D eigenvalue weighted by atomic mass is 32.2. The molecule has 0 unspecified atom stereocenters. The Labute approximate surface area is 169 Å². The van der Waals surface area contributed by atoms with E-state index in [1.807, 2.05) is 40.0 Å². The smallest absolute Gasteiger partial charge is 0.260 e. The van der Waals surface area contributed by atoms with Crippen molar-refractivity contribution in [1.82, 2.24) is 15.3 Å². The van der Waals surface area contributed by atoms with Gasteiger partial charge in [0.2, 0.25) is 0 Å². The molecule has 2 aromatic rings. The van der Waals surface area contributed by atoms with Crippen molar-refractivity contribution < 1.29 is 9.59 Å². The number of rotatable bonds is 6. The third-order valence-electron chi connectivity index (χ3n) is 4.67. The molecule has 0 atom stereocenters. The third-order valence-corrected chi connectivity index (χ3v) is 5.35. The van der Waals surface area contributed by atoms with Crippen LogP contribution in [0.1, 0.15) is 70.4 Å². The highest BCUT2D eigenvalue weighted by Gasteiger charge is 2.24. The summed E-state index contributed by atoms with van der Waals surface area (Å²) in [5, 5.41) is 6.57. The van der Waals surface area contributed by atoms with Crippen molar-refractivity contribution in [3.63, 3.8) is 0 Å². The molecule has 148 valence electrons. The molecule has 1 saturated carbocycles. The van der Waals surface area contributed by atoms with Gasteiger partial charge in [-0.3, -0.25) is 9.59 Å². The molecule has 2 amide bonds. The first-order chi connectivity index (χ1) is 13.3. The van der Waals surface area contributed by atoms with Gasteiger partial charge >= 0.3 is 0 Å². The first-order valence-electron chi connectivity index (χ1n) is 9.45. The molecule has 28 heavy (non-hydrogen) atoms. The molecule has 0 spiro atoms. The molecule has 0 bridgehead atoms. The van der Waals surface area contributed by atoms with Crippen molar-refractivity contribution in [2.45, 2.75) is 57.5 Å². The van der Waals surface area contributed by atoms with E-state index in [0.29, 0.717) is 27.5 Å². The fraction of sp³-hybridized carbons (Fsp3) is 0.429. The maximum atomic E-state index is 13.0.